The van der Waals surface area contributed by atoms with Crippen LogP contribution in [0.2, 0.25) is 0 Å². The van der Waals surface area contributed by atoms with Gasteiger partial charge in [0.2, 0.25) is 5.91 Å². The summed E-state index contributed by atoms with van der Waals surface area (Å²) in [6.45, 7) is 0.163. The van der Waals surface area contributed by atoms with Gasteiger partial charge in [-0.25, -0.2) is 13.2 Å². The fraction of sp³-hybridized carbons (Fsp3) is 0.474. The first-order chi connectivity index (χ1) is 14.3. The van der Waals surface area contributed by atoms with Crippen molar-refractivity contribution in [3.05, 3.63) is 24.3 Å². The monoisotopic (exact) mass is 433 g/mol. The molecule has 1 aromatic carbocycles. The molecule has 2 fully saturated rings. The first-order valence-electron chi connectivity index (χ1n) is 9.89. The number of rotatable bonds is 5. The predicted octanol–water partition coefficient (Wildman–Crippen LogP) is 0.960. The van der Waals surface area contributed by atoms with E-state index in [0.29, 0.717) is 31.6 Å². The fourth-order valence-electron chi connectivity index (χ4n) is 4.06. The van der Waals surface area contributed by atoms with Crippen molar-refractivity contribution in [1.82, 2.24) is 14.9 Å². The van der Waals surface area contributed by atoms with Gasteiger partial charge in [-0.1, -0.05) is 18.9 Å². The topological polar surface area (TPSA) is 137 Å². The fourth-order valence-corrected chi connectivity index (χ4v) is 5.19. The molecule has 2 heterocycles. The van der Waals surface area contributed by atoms with Crippen LogP contribution in [0.3, 0.4) is 0 Å². The van der Waals surface area contributed by atoms with Crippen molar-refractivity contribution in [2.45, 2.75) is 49.0 Å². The van der Waals surface area contributed by atoms with E-state index in [0.717, 1.165) is 24.2 Å². The summed E-state index contributed by atoms with van der Waals surface area (Å²) in [6.07, 6.45) is 4.24. The molecule has 30 heavy (non-hydrogen) atoms. The number of sulfonamides is 1. The third-order valence-electron chi connectivity index (χ3n) is 5.56. The molecule has 1 aliphatic carbocycles. The van der Waals surface area contributed by atoms with Gasteiger partial charge in [-0.05, 0) is 37.5 Å². The molecule has 4 rings (SSSR count). The molecular weight excluding hydrogens is 410 g/mol. The average Bonchev–Trinajstić information content (AvgIpc) is 3.42. The minimum absolute atomic E-state index is 0.0187. The van der Waals surface area contributed by atoms with E-state index in [-0.39, 0.29) is 16.5 Å². The van der Waals surface area contributed by atoms with Crippen LogP contribution in [0.15, 0.2) is 34.2 Å². The highest BCUT2D eigenvalue weighted by Crippen LogP contribution is 2.34. The summed E-state index contributed by atoms with van der Waals surface area (Å²) in [7, 11) is -3.82. The molecule has 1 saturated carbocycles. The summed E-state index contributed by atoms with van der Waals surface area (Å²) in [6, 6.07) is 5.19. The van der Waals surface area contributed by atoms with Gasteiger partial charge in [0.05, 0.1) is 4.90 Å². The largest absolute Gasteiger partial charge is 0.325 e. The molecule has 11 heteroatoms. The van der Waals surface area contributed by atoms with Gasteiger partial charge in [0.15, 0.2) is 0 Å². The first-order valence-corrected chi connectivity index (χ1v) is 11.4. The number of urea groups is 1. The standard InChI is InChI=1S/C19H23N5O5S/c25-16(12-24-17(26)19(22-18(24)27)8-1-2-9-19)21-13-5-3-6-14(11-13)30(28,29)23-15-7-4-10-20-15/h3,5-6,11H,1-2,4,7-10,12H2,(H,20,23)(H,21,25)(H,22,27). The molecule has 10 nitrogen and oxygen atoms in total. The van der Waals surface area contributed by atoms with E-state index in [9.17, 15) is 22.8 Å². The highest BCUT2D eigenvalue weighted by Gasteiger charge is 2.52. The molecule has 0 atom stereocenters. The summed E-state index contributed by atoms with van der Waals surface area (Å²) in [4.78, 5) is 42.3. The first kappa shape index (κ1) is 20.3. The number of carbonyl (C=O) groups excluding carboxylic acids is 3. The summed E-state index contributed by atoms with van der Waals surface area (Å²) in [5, 5.41) is 5.28. The Kier molecular flexibility index (Phi) is 5.22. The van der Waals surface area contributed by atoms with Gasteiger partial charge in [0.25, 0.3) is 15.9 Å². The molecule has 3 aliphatic rings. The molecule has 1 spiro atoms. The Morgan fingerprint density at radius 3 is 2.67 bits per heavy atom. The van der Waals surface area contributed by atoms with E-state index in [2.05, 4.69) is 20.3 Å². The van der Waals surface area contributed by atoms with Crippen LogP contribution in [0, 0.1) is 0 Å². The number of benzene rings is 1. The second-order valence-corrected chi connectivity index (χ2v) is 9.41. The molecule has 160 valence electrons. The average molecular weight is 433 g/mol. The molecule has 3 N–H and O–H groups in total. The molecule has 1 aromatic rings. The Morgan fingerprint density at radius 2 is 1.97 bits per heavy atom. The van der Waals surface area contributed by atoms with Crippen molar-refractivity contribution in [3.8, 4) is 0 Å². The van der Waals surface area contributed by atoms with Crippen molar-refractivity contribution >= 4 is 39.4 Å². The molecule has 0 aromatic heterocycles. The normalized spacial score (nSPS) is 20.4. The third-order valence-corrected chi connectivity index (χ3v) is 6.94. The summed E-state index contributed by atoms with van der Waals surface area (Å²) < 4.78 is 27.5. The number of carbonyl (C=O) groups is 3. The summed E-state index contributed by atoms with van der Waals surface area (Å²) in [5.74, 6) is -0.543. The van der Waals surface area contributed by atoms with Crippen LogP contribution in [0.5, 0.6) is 0 Å². The number of anilines is 1. The van der Waals surface area contributed by atoms with Gasteiger partial charge in [-0.2, -0.15) is 0 Å². The zero-order valence-corrected chi connectivity index (χ0v) is 17.1. The van der Waals surface area contributed by atoms with Gasteiger partial charge >= 0.3 is 6.03 Å². The van der Waals surface area contributed by atoms with Crippen molar-refractivity contribution in [2.75, 3.05) is 18.4 Å². The highest BCUT2D eigenvalue weighted by molar-refractivity contribution is 7.90. The van der Waals surface area contributed by atoms with E-state index in [1.54, 1.807) is 0 Å². The van der Waals surface area contributed by atoms with Gasteiger partial charge < -0.3 is 10.6 Å². The molecule has 2 aliphatic heterocycles. The van der Waals surface area contributed by atoms with Crippen molar-refractivity contribution < 1.29 is 22.8 Å². The summed E-state index contributed by atoms with van der Waals surface area (Å²) in [5.41, 5.74) is -0.626. The number of amidine groups is 1. The minimum atomic E-state index is -3.82. The Bertz CT molecular complexity index is 1030. The number of hydrogen-bond donors (Lipinski definition) is 3. The molecule has 0 radical (unpaired) electrons. The minimum Gasteiger partial charge on any atom is -0.324 e. The van der Waals surface area contributed by atoms with Crippen LogP contribution < -0.4 is 15.4 Å². The number of hydrogen-bond acceptors (Lipinski definition) is 6. The second kappa shape index (κ2) is 7.71. The van der Waals surface area contributed by atoms with Crippen molar-refractivity contribution in [2.24, 2.45) is 4.99 Å². The van der Waals surface area contributed by atoms with Gasteiger partial charge in [-0.3, -0.25) is 24.2 Å². The van der Waals surface area contributed by atoms with Crippen LogP contribution >= 0.6 is 0 Å². The molecular formula is C19H23N5O5S. The van der Waals surface area contributed by atoms with Crippen LogP contribution in [-0.4, -0.2) is 55.6 Å². The van der Waals surface area contributed by atoms with Crippen molar-refractivity contribution in [3.63, 3.8) is 0 Å². The summed E-state index contributed by atoms with van der Waals surface area (Å²) >= 11 is 0. The highest BCUT2D eigenvalue weighted by atomic mass is 32.2. The number of imide groups is 1. The van der Waals surface area contributed by atoms with Gasteiger partial charge in [0.1, 0.15) is 17.9 Å². The van der Waals surface area contributed by atoms with Gasteiger partial charge in [0, 0.05) is 18.7 Å². The number of nitrogens with zero attached hydrogens (tertiary/aromatic N) is 2. The lowest BCUT2D eigenvalue weighted by atomic mass is 9.98. The molecule has 1 saturated heterocycles. The number of amides is 4. The maximum atomic E-state index is 12.6. The lowest BCUT2D eigenvalue weighted by Gasteiger charge is -2.19. The van der Waals surface area contributed by atoms with E-state index in [1.165, 1.54) is 24.3 Å². The smallest absolute Gasteiger partial charge is 0.324 e. The molecule has 4 amide bonds. The lowest BCUT2D eigenvalue weighted by Crippen LogP contribution is -2.44. The van der Waals surface area contributed by atoms with Gasteiger partial charge in [-0.15, -0.1) is 0 Å². The maximum Gasteiger partial charge on any atom is 0.325 e. The lowest BCUT2D eigenvalue weighted by molar-refractivity contribution is -0.133. The predicted molar refractivity (Wildman–Crippen MR) is 108 cm³/mol. The van der Waals surface area contributed by atoms with E-state index in [4.69, 9.17) is 0 Å². The van der Waals surface area contributed by atoms with E-state index >= 15 is 0 Å². The maximum absolute atomic E-state index is 12.6. The van der Waals surface area contributed by atoms with Crippen LogP contribution in [0.1, 0.15) is 38.5 Å². The zero-order chi connectivity index (χ0) is 21.4. The van der Waals surface area contributed by atoms with Crippen LogP contribution in [0.4, 0.5) is 10.5 Å². The van der Waals surface area contributed by atoms with Crippen LogP contribution in [-0.2, 0) is 19.6 Å². The molecule has 0 bridgehead atoms. The van der Waals surface area contributed by atoms with Crippen molar-refractivity contribution in [1.29, 1.82) is 0 Å². The number of aliphatic imine (C=N–C) groups is 1. The SMILES string of the molecule is O=C(CN1C(=O)NC2(CCCC2)C1=O)Nc1cccc(S(=O)(=O)NC2=NCCC2)c1. The second-order valence-electron chi connectivity index (χ2n) is 7.72. The Morgan fingerprint density at radius 1 is 1.20 bits per heavy atom. The molecule has 0 unspecified atom stereocenters. The van der Waals surface area contributed by atoms with E-state index < -0.39 is 34.0 Å². The Hall–Kier alpha value is -2.95. The number of nitrogens with one attached hydrogen (secondary N) is 3. The Labute approximate surface area is 174 Å². The van der Waals surface area contributed by atoms with E-state index in [1.807, 2.05) is 0 Å². The quantitative estimate of drug-likeness (QED) is 0.594. The third kappa shape index (κ3) is 3.89. The van der Waals surface area contributed by atoms with Crippen LogP contribution in [0.25, 0.3) is 0 Å². The zero-order valence-electron chi connectivity index (χ0n) is 16.3. The Balaban J connectivity index is 1.42.